The van der Waals surface area contributed by atoms with Gasteiger partial charge in [0, 0.05) is 25.8 Å². The minimum atomic E-state index is 0.197. The molecule has 1 heterocycles. The van der Waals surface area contributed by atoms with Crippen LogP contribution in [-0.2, 0) is 4.74 Å². The molecule has 0 radical (unpaired) electrons. The molecule has 1 aliphatic rings. The Balaban J connectivity index is 1.97. The SMILES string of the molecule is CC1CCC(COc2cc(N(C)C)ccc2N)O1. The van der Waals surface area contributed by atoms with E-state index in [1.165, 1.54) is 0 Å². The summed E-state index contributed by atoms with van der Waals surface area (Å²) in [5.41, 5.74) is 7.67. The van der Waals surface area contributed by atoms with Crippen LogP contribution in [0.25, 0.3) is 0 Å². The van der Waals surface area contributed by atoms with Gasteiger partial charge in [-0.15, -0.1) is 0 Å². The third-order valence-corrected chi connectivity index (χ3v) is 3.26. The van der Waals surface area contributed by atoms with Crippen molar-refractivity contribution in [2.75, 3.05) is 31.3 Å². The lowest BCUT2D eigenvalue weighted by atomic mass is 10.2. The van der Waals surface area contributed by atoms with Crippen LogP contribution in [0.1, 0.15) is 19.8 Å². The molecule has 1 aromatic rings. The summed E-state index contributed by atoms with van der Waals surface area (Å²) in [7, 11) is 3.99. The maximum atomic E-state index is 5.92. The van der Waals surface area contributed by atoms with Gasteiger partial charge in [-0.3, -0.25) is 0 Å². The van der Waals surface area contributed by atoms with Crippen LogP contribution in [0.5, 0.6) is 5.75 Å². The van der Waals surface area contributed by atoms with Gasteiger partial charge in [-0.1, -0.05) is 0 Å². The molecule has 18 heavy (non-hydrogen) atoms. The van der Waals surface area contributed by atoms with E-state index in [2.05, 4.69) is 6.92 Å². The third-order valence-electron chi connectivity index (χ3n) is 3.26. The number of ether oxygens (including phenoxy) is 2. The molecule has 0 amide bonds. The fourth-order valence-electron chi connectivity index (χ4n) is 2.12. The first-order valence-corrected chi connectivity index (χ1v) is 6.41. The maximum absolute atomic E-state index is 5.92. The number of hydrogen-bond donors (Lipinski definition) is 1. The fraction of sp³-hybridized carbons (Fsp3) is 0.571. The van der Waals surface area contributed by atoms with E-state index in [0.29, 0.717) is 18.4 Å². The van der Waals surface area contributed by atoms with E-state index in [1.54, 1.807) is 0 Å². The average molecular weight is 250 g/mol. The van der Waals surface area contributed by atoms with Gasteiger partial charge in [0.05, 0.1) is 17.9 Å². The Bertz CT molecular complexity index is 407. The number of anilines is 2. The van der Waals surface area contributed by atoms with Gasteiger partial charge < -0.3 is 20.1 Å². The highest BCUT2D eigenvalue weighted by Gasteiger charge is 2.22. The molecule has 2 N–H and O–H groups in total. The summed E-state index contributed by atoms with van der Waals surface area (Å²) in [5.74, 6) is 0.740. The second-order valence-electron chi connectivity index (χ2n) is 5.07. The van der Waals surface area contributed by atoms with Crippen molar-refractivity contribution in [2.45, 2.75) is 32.0 Å². The zero-order valence-electron chi connectivity index (χ0n) is 11.3. The molecule has 0 aromatic heterocycles. The van der Waals surface area contributed by atoms with Gasteiger partial charge >= 0.3 is 0 Å². The molecule has 2 rings (SSSR count). The third kappa shape index (κ3) is 3.07. The Labute approximate surface area is 109 Å². The molecule has 4 nitrogen and oxygen atoms in total. The van der Waals surface area contributed by atoms with E-state index in [9.17, 15) is 0 Å². The first kappa shape index (κ1) is 13.0. The second-order valence-corrected chi connectivity index (χ2v) is 5.07. The van der Waals surface area contributed by atoms with E-state index in [1.807, 2.05) is 37.2 Å². The molecule has 0 spiro atoms. The standard InChI is InChI=1S/C14H22N2O2/c1-10-4-6-12(18-10)9-17-14-8-11(16(2)3)5-7-13(14)15/h5,7-8,10,12H,4,6,9,15H2,1-3H3. The smallest absolute Gasteiger partial charge is 0.144 e. The van der Waals surface area contributed by atoms with Crippen molar-refractivity contribution in [3.05, 3.63) is 18.2 Å². The fourth-order valence-corrected chi connectivity index (χ4v) is 2.12. The molecule has 2 unspecified atom stereocenters. The molecule has 0 bridgehead atoms. The lowest BCUT2D eigenvalue weighted by molar-refractivity contribution is 0.0266. The second kappa shape index (κ2) is 5.48. The topological polar surface area (TPSA) is 47.7 Å². The van der Waals surface area contributed by atoms with E-state index < -0.39 is 0 Å². The van der Waals surface area contributed by atoms with E-state index in [0.717, 1.165) is 24.3 Å². The molecular formula is C14H22N2O2. The van der Waals surface area contributed by atoms with Crippen molar-refractivity contribution >= 4 is 11.4 Å². The Kier molecular flexibility index (Phi) is 3.97. The number of rotatable bonds is 4. The van der Waals surface area contributed by atoms with Gasteiger partial charge in [0.2, 0.25) is 0 Å². The van der Waals surface area contributed by atoms with Crippen LogP contribution in [0, 0.1) is 0 Å². The molecule has 1 saturated heterocycles. The van der Waals surface area contributed by atoms with E-state index >= 15 is 0 Å². The predicted octanol–water partition coefficient (Wildman–Crippen LogP) is 2.28. The summed E-state index contributed by atoms with van der Waals surface area (Å²) < 4.78 is 11.5. The van der Waals surface area contributed by atoms with Crippen LogP contribution in [-0.4, -0.2) is 32.9 Å². The summed E-state index contributed by atoms with van der Waals surface area (Å²) in [6.45, 7) is 2.67. The van der Waals surface area contributed by atoms with Crippen molar-refractivity contribution in [3.8, 4) is 5.75 Å². The minimum Gasteiger partial charge on any atom is -0.489 e. The van der Waals surface area contributed by atoms with Gasteiger partial charge in [0.1, 0.15) is 12.4 Å². The maximum Gasteiger partial charge on any atom is 0.144 e. The highest BCUT2D eigenvalue weighted by Crippen LogP contribution is 2.28. The Morgan fingerprint density at radius 1 is 1.39 bits per heavy atom. The van der Waals surface area contributed by atoms with Gasteiger partial charge in [0.25, 0.3) is 0 Å². The Morgan fingerprint density at radius 3 is 2.78 bits per heavy atom. The highest BCUT2D eigenvalue weighted by molar-refractivity contribution is 5.61. The number of nitrogens with two attached hydrogens (primary N) is 1. The first-order valence-electron chi connectivity index (χ1n) is 6.41. The molecule has 0 saturated carbocycles. The van der Waals surface area contributed by atoms with Crippen LogP contribution in [0.15, 0.2) is 18.2 Å². The number of benzene rings is 1. The molecule has 1 aliphatic heterocycles. The molecular weight excluding hydrogens is 228 g/mol. The van der Waals surface area contributed by atoms with Crippen molar-refractivity contribution in [1.82, 2.24) is 0 Å². The number of nitrogens with zero attached hydrogens (tertiary/aromatic N) is 1. The molecule has 4 heteroatoms. The quantitative estimate of drug-likeness (QED) is 0.833. The summed E-state index contributed by atoms with van der Waals surface area (Å²) in [6, 6.07) is 5.83. The molecule has 2 atom stereocenters. The highest BCUT2D eigenvalue weighted by atomic mass is 16.5. The van der Waals surface area contributed by atoms with Crippen molar-refractivity contribution in [2.24, 2.45) is 0 Å². The monoisotopic (exact) mass is 250 g/mol. The predicted molar refractivity (Wildman–Crippen MR) is 74.2 cm³/mol. The van der Waals surface area contributed by atoms with Crippen LogP contribution in [0.2, 0.25) is 0 Å². The number of hydrogen-bond acceptors (Lipinski definition) is 4. The Hall–Kier alpha value is -1.42. The summed E-state index contributed by atoms with van der Waals surface area (Å²) in [5, 5.41) is 0. The van der Waals surface area contributed by atoms with Crippen LogP contribution in [0.4, 0.5) is 11.4 Å². The van der Waals surface area contributed by atoms with Crippen LogP contribution >= 0.6 is 0 Å². The molecule has 0 aliphatic carbocycles. The van der Waals surface area contributed by atoms with E-state index in [-0.39, 0.29) is 6.10 Å². The first-order chi connectivity index (χ1) is 8.56. The van der Waals surface area contributed by atoms with Gasteiger partial charge in [0.15, 0.2) is 0 Å². The lowest BCUT2D eigenvalue weighted by Crippen LogP contribution is -2.18. The van der Waals surface area contributed by atoms with Gasteiger partial charge in [-0.25, -0.2) is 0 Å². The summed E-state index contributed by atoms with van der Waals surface area (Å²) in [6.07, 6.45) is 2.72. The number of nitrogen functional groups attached to an aromatic ring is 1. The average Bonchev–Trinajstić information content (AvgIpc) is 2.74. The summed E-state index contributed by atoms with van der Waals surface area (Å²) >= 11 is 0. The van der Waals surface area contributed by atoms with E-state index in [4.69, 9.17) is 15.2 Å². The van der Waals surface area contributed by atoms with Crippen LogP contribution < -0.4 is 15.4 Å². The zero-order chi connectivity index (χ0) is 13.1. The Morgan fingerprint density at radius 2 is 2.17 bits per heavy atom. The van der Waals surface area contributed by atoms with Crippen molar-refractivity contribution in [1.29, 1.82) is 0 Å². The van der Waals surface area contributed by atoms with Crippen molar-refractivity contribution < 1.29 is 9.47 Å². The van der Waals surface area contributed by atoms with Gasteiger partial charge in [-0.05, 0) is 31.9 Å². The normalized spacial score (nSPS) is 23.1. The van der Waals surface area contributed by atoms with Crippen LogP contribution in [0.3, 0.4) is 0 Å². The minimum absolute atomic E-state index is 0.197. The molecule has 100 valence electrons. The molecule has 1 fully saturated rings. The molecule has 1 aromatic carbocycles. The zero-order valence-corrected chi connectivity index (χ0v) is 11.3. The lowest BCUT2D eigenvalue weighted by Gasteiger charge is -2.17. The van der Waals surface area contributed by atoms with Gasteiger partial charge in [-0.2, -0.15) is 0 Å². The summed E-state index contributed by atoms with van der Waals surface area (Å²) in [4.78, 5) is 2.03. The van der Waals surface area contributed by atoms with Crippen molar-refractivity contribution in [3.63, 3.8) is 0 Å². The largest absolute Gasteiger partial charge is 0.489 e.